The molecule has 2 saturated heterocycles. The van der Waals surface area contributed by atoms with E-state index in [2.05, 4.69) is 15.4 Å². The van der Waals surface area contributed by atoms with Gasteiger partial charge in [-0.2, -0.15) is 0 Å². The second-order valence-electron chi connectivity index (χ2n) is 4.87. The van der Waals surface area contributed by atoms with Crippen LogP contribution in [0.2, 0.25) is 0 Å². The number of methoxy groups -OCH3 is 1. The minimum absolute atomic E-state index is 0. The molecule has 2 aliphatic heterocycles. The predicted molar refractivity (Wildman–Crippen MR) is 77.5 cm³/mol. The monoisotopic (exact) mass is 321 g/mol. The van der Waals surface area contributed by atoms with Crippen LogP contribution in [-0.2, 0) is 19.1 Å². The number of aliphatic hydroxyl groups is 1. The second-order valence-corrected chi connectivity index (χ2v) is 4.87. The summed E-state index contributed by atoms with van der Waals surface area (Å²) in [6, 6.07) is -0.396. The molecule has 22 heavy (non-hydrogen) atoms. The van der Waals surface area contributed by atoms with Gasteiger partial charge in [-0.3, -0.25) is 9.59 Å². The summed E-state index contributed by atoms with van der Waals surface area (Å²) in [5, 5.41) is 13.8. The van der Waals surface area contributed by atoms with Gasteiger partial charge in [0, 0.05) is 21.3 Å². The molecule has 3 N–H and O–H groups in total. The molecule has 0 aliphatic carbocycles. The maximum Gasteiger partial charge on any atom is 1.00 e. The van der Waals surface area contributed by atoms with E-state index in [1.165, 1.54) is 7.11 Å². The molecule has 2 aliphatic rings. The van der Waals surface area contributed by atoms with Gasteiger partial charge in [0.2, 0.25) is 11.8 Å². The Hall–Kier alpha value is -0.565. The van der Waals surface area contributed by atoms with Crippen molar-refractivity contribution >= 4 is 26.2 Å². The van der Waals surface area contributed by atoms with Crippen molar-refractivity contribution in [3.05, 3.63) is 0 Å². The topological polar surface area (TPSA) is 105 Å². The predicted octanol–water partition coefficient (Wildman–Crippen LogP) is -3.79. The fourth-order valence-corrected chi connectivity index (χ4v) is 2.14. The van der Waals surface area contributed by atoms with Crippen LogP contribution in [0.15, 0.2) is 0 Å². The first-order chi connectivity index (χ1) is 9.56. The number of rotatable bonds is 2. The van der Waals surface area contributed by atoms with Crippen molar-refractivity contribution in [2.24, 2.45) is 0 Å². The van der Waals surface area contributed by atoms with Gasteiger partial charge >= 0.3 is 35.5 Å². The molecule has 2 heterocycles. The zero-order chi connectivity index (χ0) is 15.0. The average Bonchev–Trinajstić information content (AvgIpc) is 2.47. The number of piperidine rings is 2. The summed E-state index contributed by atoms with van der Waals surface area (Å²) in [5.41, 5.74) is 0. The first-order valence-electron chi connectivity index (χ1n) is 6.84. The Bertz CT molecular complexity index is 376. The van der Waals surface area contributed by atoms with Crippen LogP contribution in [0.1, 0.15) is 40.0 Å². The molecule has 2 amide bonds. The van der Waals surface area contributed by atoms with E-state index in [4.69, 9.17) is 5.11 Å². The van der Waals surface area contributed by atoms with Crippen molar-refractivity contribution in [3.8, 4) is 0 Å². The molecule has 0 unspecified atom stereocenters. The first-order valence-corrected chi connectivity index (χ1v) is 6.84. The molecule has 3 radical (unpaired) electrons. The molecule has 0 aromatic rings. The molecule has 0 aromatic carbocycles. The van der Waals surface area contributed by atoms with Crippen molar-refractivity contribution < 1.29 is 55.2 Å². The van der Waals surface area contributed by atoms with Crippen molar-refractivity contribution in [2.75, 3.05) is 13.7 Å². The van der Waals surface area contributed by atoms with Gasteiger partial charge in [0.25, 0.3) is 0 Å². The summed E-state index contributed by atoms with van der Waals surface area (Å²) in [7, 11) is 1.32. The molecular weight excluding hydrogens is 298 g/mol. The molecule has 2 rings (SSSR count). The van der Waals surface area contributed by atoms with Gasteiger partial charge in [-0.15, -0.1) is 0 Å². The summed E-state index contributed by atoms with van der Waals surface area (Å²) in [6.45, 7) is 0.0751. The molecular formula is C13H23BN2NaO5. The molecule has 9 heteroatoms. The molecule has 2 fully saturated rings. The summed E-state index contributed by atoms with van der Waals surface area (Å²) in [4.78, 5) is 32.3. The van der Waals surface area contributed by atoms with Crippen LogP contribution in [0.25, 0.3) is 0 Å². The van der Waals surface area contributed by atoms with Crippen LogP contribution < -0.4 is 40.2 Å². The van der Waals surface area contributed by atoms with Crippen molar-refractivity contribution in [1.82, 2.24) is 10.6 Å². The van der Waals surface area contributed by atoms with E-state index in [1.807, 2.05) is 0 Å². The Balaban J connectivity index is -0.000000312. The van der Waals surface area contributed by atoms with Crippen LogP contribution in [0.4, 0.5) is 0 Å². The Morgan fingerprint density at radius 1 is 1.23 bits per heavy atom. The summed E-state index contributed by atoms with van der Waals surface area (Å²) >= 11 is 0. The zero-order valence-corrected chi connectivity index (χ0v) is 15.3. The first kappa shape index (κ1) is 23.7. The van der Waals surface area contributed by atoms with Gasteiger partial charge in [0.15, 0.2) is 0 Å². The normalized spacial score (nSPS) is 23.4. The number of esters is 1. The van der Waals surface area contributed by atoms with Gasteiger partial charge in [0.05, 0.1) is 19.8 Å². The number of hydrogen-bond acceptors (Lipinski definition) is 5. The van der Waals surface area contributed by atoms with Crippen LogP contribution in [0, 0.1) is 0 Å². The van der Waals surface area contributed by atoms with Gasteiger partial charge in [0.1, 0.15) is 6.04 Å². The number of hydrogen-bond donors (Lipinski definition) is 3. The van der Waals surface area contributed by atoms with Gasteiger partial charge in [-0.25, -0.2) is 4.79 Å². The van der Waals surface area contributed by atoms with E-state index >= 15 is 0 Å². The SMILES string of the molecule is COC(=O)[C@@H]1CCCC(=O)N1.O=C1CCC[C@@H](CO)N1.[B].[H-].[Na+]. The molecule has 0 bridgehead atoms. The van der Waals surface area contributed by atoms with Crippen LogP contribution in [-0.4, -0.2) is 57.1 Å². The van der Waals surface area contributed by atoms with E-state index in [-0.39, 0.29) is 69.8 Å². The third kappa shape index (κ3) is 8.78. The average molecular weight is 321 g/mol. The molecule has 0 aromatic heterocycles. The zero-order valence-electron chi connectivity index (χ0n) is 14.3. The van der Waals surface area contributed by atoms with E-state index < -0.39 is 6.04 Å². The minimum Gasteiger partial charge on any atom is -1.00 e. The smallest absolute Gasteiger partial charge is 1.00 e. The van der Waals surface area contributed by atoms with Crippen molar-refractivity contribution in [3.63, 3.8) is 0 Å². The Labute approximate surface area is 156 Å². The third-order valence-electron chi connectivity index (χ3n) is 3.26. The molecule has 7 nitrogen and oxygen atoms in total. The standard InChI is InChI=1S/C7H11NO3.C6H11NO2.B.Na.H/c1-11-7(10)5-3-2-4-6(9)8-5;8-4-5-2-1-3-6(9)7-5;;;/h5H,2-4H2,1H3,(H,8,9);5,8H,1-4H2,(H,7,9);;;/q;;;+1;-1/t2*5-;;;/m00.../s1. The number of amides is 2. The van der Waals surface area contributed by atoms with Crippen molar-refractivity contribution in [1.29, 1.82) is 0 Å². The third-order valence-corrected chi connectivity index (χ3v) is 3.26. The fourth-order valence-electron chi connectivity index (χ4n) is 2.14. The van der Waals surface area contributed by atoms with Gasteiger partial charge in [-0.1, -0.05) is 0 Å². The fraction of sp³-hybridized carbons (Fsp3) is 0.769. The maximum absolute atomic E-state index is 10.9. The van der Waals surface area contributed by atoms with Crippen LogP contribution in [0.3, 0.4) is 0 Å². The number of aliphatic hydroxyl groups excluding tert-OH is 1. The van der Waals surface area contributed by atoms with Gasteiger partial charge < -0.3 is 21.9 Å². The quantitative estimate of drug-likeness (QED) is 0.358. The summed E-state index contributed by atoms with van der Waals surface area (Å²) in [5.74, 6) is -0.343. The number of carbonyl (C=O) groups excluding carboxylic acids is 3. The number of nitrogens with one attached hydrogen (secondary N) is 2. The van der Waals surface area contributed by atoms with Crippen LogP contribution >= 0.6 is 0 Å². The number of carbonyl (C=O) groups is 3. The summed E-state index contributed by atoms with van der Waals surface area (Å²) < 4.78 is 4.48. The largest absolute Gasteiger partial charge is 1.00 e. The second kappa shape index (κ2) is 12.9. The summed E-state index contributed by atoms with van der Waals surface area (Å²) in [6.07, 6.45) is 4.44. The molecule has 2 atom stereocenters. The van der Waals surface area contributed by atoms with E-state index in [0.29, 0.717) is 19.3 Å². The van der Waals surface area contributed by atoms with E-state index in [1.54, 1.807) is 0 Å². The Morgan fingerprint density at radius 2 is 1.77 bits per heavy atom. The van der Waals surface area contributed by atoms with Crippen LogP contribution in [0.5, 0.6) is 0 Å². The minimum atomic E-state index is -0.416. The maximum atomic E-state index is 10.9. The Morgan fingerprint density at radius 3 is 2.18 bits per heavy atom. The van der Waals surface area contributed by atoms with Crippen molar-refractivity contribution in [2.45, 2.75) is 50.6 Å². The molecule has 0 saturated carbocycles. The van der Waals surface area contributed by atoms with E-state index in [9.17, 15) is 14.4 Å². The Kier molecular flexibility index (Phi) is 13.9. The van der Waals surface area contributed by atoms with E-state index in [0.717, 1.165) is 19.3 Å². The molecule has 119 valence electrons. The van der Waals surface area contributed by atoms with Gasteiger partial charge in [-0.05, 0) is 25.7 Å². The molecule has 0 spiro atoms. The number of ether oxygens (including phenoxy) is 1.